The van der Waals surface area contributed by atoms with Gasteiger partial charge in [-0.3, -0.25) is 0 Å². The smallest absolute Gasteiger partial charge is 0.137 e. The van der Waals surface area contributed by atoms with E-state index < -0.39 is 0 Å². The lowest BCUT2D eigenvalue weighted by Crippen LogP contribution is -3.00. The number of rotatable bonds is 6. The van der Waals surface area contributed by atoms with Crippen LogP contribution < -0.4 is 40.2 Å². The highest BCUT2D eigenvalue weighted by Gasteiger charge is 2.13. The number of halogens is 3. The maximum absolute atomic E-state index is 6.17. The van der Waals surface area contributed by atoms with Gasteiger partial charge in [0.2, 0.25) is 0 Å². The molecule has 0 saturated carbocycles. The van der Waals surface area contributed by atoms with Crippen molar-refractivity contribution in [1.29, 1.82) is 0 Å². The standard InChI is InChI=1S/C18H23ClN2O2.2ClH/c1-22-18-4-2-14(10-16(18)19)17-5-3-15(23-17)12-21-11-13-6-8-20-9-7-13;;/h2-5,10,13,20-21H,6-9,11-12H2,1H3;2*1H/p-2. The number of benzene rings is 1. The van der Waals surface area contributed by atoms with Crippen molar-refractivity contribution in [2.45, 2.75) is 19.4 Å². The number of methoxy groups -OCH3 is 1. The molecule has 0 bridgehead atoms. The van der Waals surface area contributed by atoms with Gasteiger partial charge < -0.3 is 44.6 Å². The topological polar surface area (TPSA) is 46.4 Å². The quantitative estimate of drug-likeness (QED) is 0.568. The Morgan fingerprint density at radius 3 is 2.64 bits per heavy atom. The molecular formula is C18H23Cl3N2O2-2. The van der Waals surface area contributed by atoms with E-state index in [-0.39, 0.29) is 24.8 Å². The second kappa shape index (κ2) is 10.9. The summed E-state index contributed by atoms with van der Waals surface area (Å²) in [5, 5.41) is 7.48. The first-order valence-corrected chi connectivity index (χ1v) is 8.48. The third kappa shape index (κ3) is 6.08. The molecule has 0 spiro atoms. The predicted octanol–water partition coefficient (Wildman–Crippen LogP) is -2.29. The molecule has 1 aliphatic rings. The van der Waals surface area contributed by atoms with Crippen LogP contribution in [0.2, 0.25) is 5.02 Å². The molecule has 0 radical (unpaired) electrons. The largest absolute Gasteiger partial charge is 1.00 e. The van der Waals surface area contributed by atoms with Crippen molar-refractivity contribution in [1.82, 2.24) is 10.6 Å². The fraction of sp³-hybridized carbons (Fsp3) is 0.444. The molecule has 140 valence electrons. The van der Waals surface area contributed by atoms with Crippen LogP contribution in [0.5, 0.6) is 5.75 Å². The summed E-state index contributed by atoms with van der Waals surface area (Å²) in [5.41, 5.74) is 0.959. The minimum absolute atomic E-state index is 0. The highest BCUT2D eigenvalue weighted by molar-refractivity contribution is 6.32. The predicted molar refractivity (Wildman–Crippen MR) is 93.0 cm³/mol. The summed E-state index contributed by atoms with van der Waals surface area (Å²) < 4.78 is 11.1. The van der Waals surface area contributed by atoms with Crippen molar-refractivity contribution in [3.63, 3.8) is 0 Å². The van der Waals surface area contributed by atoms with Crippen LogP contribution in [0.4, 0.5) is 0 Å². The number of furan rings is 1. The average Bonchev–Trinajstić information content (AvgIpc) is 3.05. The number of hydrogen-bond acceptors (Lipinski definition) is 4. The zero-order valence-corrected chi connectivity index (χ0v) is 16.4. The number of piperidine rings is 1. The fourth-order valence-corrected chi connectivity index (χ4v) is 3.19. The molecule has 2 N–H and O–H groups in total. The van der Waals surface area contributed by atoms with Crippen molar-refractivity contribution in [3.05, 3.63) is 41.1 Å². The van der Waals surface area contributed by atoms with Gasteiger partial charge in [0.15, 0.2) is 0 Å². The van der Waals surface area contributed by atoms with Gasteiger partial charge in [0, 0.05) is 5.56 Å². The van der Waals surface area contributed by atoms with Gasteiger partial charge in [-0.2, -0.15) is 0 Å². The maximum Gasteiger partial charge on any atom is 0.137 e. The Morgan fingerprint density at radius 1 is 1.20 bits per heavy atom. The molecule has 0 atom stereocenters. The second-order valence-electron chi connectivity index (χ2n) is 5.94. The monoisotopic (exact) mass is 404 g/mol. The van der Waals surface area contributed by atoms with Crippen LogP contribution in [-0.2, 0) is 6.54 Å². The van der Waals surface area contributed by atoms with E-state index in [1.54, 1.807) is 7.11 Å². The lowest BCUT2D eigenvalue weighted by Gasteiger charge is -2.22. The van der Waals surface area contributed by atoms with Gasteiger partial charge in [-0.05, 0) is 68.7 Å². The zero-order valence-electron chi connectivity index (χ0n) is 14.2. The zero-order chi connectivity index (χ0) is 16.1. The maximum atomic E-state index is 6.17. The molecule has 1 fully saturated rings. The van der Waals surface area contributed by atoms with Crippen LogP contribution in [0.1, 0.15) is 18.6 Å². The average molecular weight is 406 g/mol. The highest BCUT2D eigenvalue weighted by atomic mass is 35.5. The Morgan fingerprint density at radius 2 is 1.96 bits per heavy atom. The van der Waals surface area contributed by atoms with Gasteiger partial charge in [0.25, 0.3) is 0 Å². The fourth-order valence-electron chi connectivity index (χ4n) is 2.93. The molecule has 2 aromatic rings. The van der Waals surface area contributed by atoms with Gasteiger partial charge >= 0.3 is 0 Å². The van der Waals surface area contributed by atoms with Crippen LogP contribution in [0.15, 0.2) is 34.7 Å². The van der Waals surface area contributed by atoms with Gasteiger partial charge in [-0.15, -0.1) is 0 Å². The molecule has 1 saturated heterocycles. The molecule has 2 heterocycles. The van der Waals surface area contributed by atoms with E-state index in [1.165, 1.54) is 12.8 Å². The van der Waals surface area contributed by atoms with E-state index in [0.717, 1.165) is 49.2 Å². The molecule has 4 nitrogen and oxygen atoms in total. The Kier molecular flexibility index (Phi) is 9.69. The van der Waals surface area contributed by atoms with E-state index in [4.69, 9.17) is 20.8 Å². The first kappa shape index (κ1) is 22.1. The molecule has 0 unspecified atom stereocenters. The van der Waals surface area contributed by atoms with E-state index in [2.05, 4.69) is 10.6 Å². The van der Waals surface area contributed by atoms with Crippen LogP contribution >= 0.6 is 11.6 Å². The minimum Gasteiger partial charge on any atom is -1.00 e. The summed E-state index contributed by atoms with van der Waals surface area (Å²) in [6, 6.07) is 9.68. The van der Waals surface area contributed by atoms with Gasteiger partial charge in [0.05, 0.1) is 18.7 Å². The molecule has 1 aliphatic heterocycles. The van der Waals surface area contributed by atoms with Gasteiger partial charge in [-0.1, -0.05) is 11.6 Å². The van der Waals surface area contributed by atoms with E-state index in [0.29, 0.717) is 10.8 Å². The normalized spacial score (nSPS) is 14.5. The summed E-state index contributed by atoms with van der Waals surface area (Å²) in [6.45, 7) is 4.07. The Hall–Kier alpha value is -0.910. The lowest BCUT2D eigenvalue weighted by molar-refractivity contribution is -0.00100. The van der Waals surface area contributed by atoms with Gasteiger partial charge in [0.1, 0.15) is 17.3 Å². The van der Waals surface area contributed by atoms with Crippen LogP contribution in [0.3, 0.4) is 0 Å². The summed E-state index contributed by atoms with van der Waals surface area (Å²) in [5.74, 6) is 3.21. The van der Waals surface area contributed by atoms with E-state index >= 15 is 0 Å². The Bertz CT molecular complexity index is 643. The lowest BCUT2D eigenvalue weighted by atomic mass is 9.98. The molecule has 1 aromatic heterocycles. The van der Waals surface area contributed by atoms with Crippen molar-refractivity contribution in [3.8, 4) is 17.1 Å². The highest BCUT2D eigenvalue weighted by Crippen LogP contribution is 2.31. The molecule has 1 aromatic carbocycles. The number of ether oxygens (including phenoxy) is 1. The number of hydrogen-bond donors (Lipinski definition) is 2. The molecule has 0 amide bonds. The first-order valence-electron chi connectivity index (χ1n) is 8.10. The van der Waals surface area contributed by atoms with Crippen molar-refractivity contribution < 1.29 is 34.0 Å². The Labute approximate surface area is 166 Å². The van der Waals surface area contributed by atoms with Gasteiger partial charge in [-0.25, -0.2) is 0 Å². The molecule has 0 aliphatic carbocycles. The summed E-state index contributed by atoms with van der Waals surface area (Å²) in [6.07, 6.45) is 2.50. The number of nitrogens with one attached hydrogen (secondary N) is 2. The van der Waals surface area contributed by atoms with Crippen molar-refractivity contribution >= 4 is 11.6 Å². The molecule has 7 heteroatoms. The van der Waals surface area contributed by atoms with Crippen LogP contribution in [0, 0.1) is 5.92 Å². The van der Waals surface area contributed by atoms with Crippen molar-refractivity contribution in [2.75, 3.05) is 26.7 Å². The summed E-state index contributed by atoms with van der Waals surface area (Å²) >= 11 is 6.17. The van der Waals surface area contributed by atoms with Crippen molar-refractivity contribution in [2.24, 2.45) is 5.92 Å². The SMILES string of the molecule is COc1ccc(-c2ccc(CNCC3CCNCC3)o2)cc1Cl.[Cl-].[Cl-]. The Balaban J connectivity index is 0.00000156. The molecule has 25 heavy (non-hydrogen) atoms. The van der Waals surface area contributed by atoms with Crippen LogP contribution in [-0.4, -0.2) is 26.7 Å². The molecular weight excluding hydrogens is 383 g/mol. The minimum atomic E-state index is 0. The third-order valence-electron chi connectivity index (χ3n) is 4.29. The second-order valence-corrected chi connectivity index (χ2v) is 6.35. The third-order valence-corrected chi connectivity index (χ3v) is 4.58. The van der Waals surface area contributed by atoms with Crippen LogP contribution in [0.25, 0.3) is 11.3 Å². The first-order chi connectivity index (χ1) is 11.3. The van der Waals surface area contributed by atoms with E-state index in [9.17, 15) is 0 Å². The van der Waals surface area contributed by atoms with E-state index in [1.807, 2.05) is 30.3 Å². The molecule has 3 rings (SSSR count). The summed E-state index contributed by atoms with van der Waals surface area (Å²) in [7, 11) is 1.61. The summed E-state index contributed by atoms with van der Waals surface area (Å²) in [4.78, 5) is 0.